The lowest BCUT2D eigenvalue weighted by Crippen LogP contribution is -2.67. The summed E-state index contributed by atoms with van der Waals surface area (Å²) < 4.78 is 55.8. The summed E-state index contributed by atoms with van der Waals surface area (Å²) in [5.74, 6) is -4.61. The number of carbonyl (C=O) groups is 2. The number of benzene rings is 1. The largest absolute Gasteiger partial charge is 0.492 e. The molecule has 0 radical (unpaired) electrons. The van der Waals surface area contributed by atoms with Gasteiger partial charge < -0.3 is 19.1 Å². The van der Waals surface area contributed by atoms with Crippen molar-refractivity contribution in [2.45, 2.75) is 31.9 Å². The van der Waals surface area contributed by atoms with E-state index in [9.17, 15) is 22.8 Å². The van der Waals surface area contributed by atoms with E-state index >= 15 is 0 Å². The van der Waals surface area contributed by atoms with Gasteiger partial charge in [-0.05, 0) is 31.9 Å². The number of nitrogens with zero attached hydrogens (tertiary/aromatic N) is 1. The number of rotatable bonds is 3. The van der Waals surface area contributed by atoms with Gasteiger partial charge in [0.1, 0.15) is 0 Å². The van der Waals surface area contributed by atoms with E-state index in [-0.39, 0.29) is 31.2 Å². The Labute approximate surface area is 153 Å². The summed E-state index contributed by atoms with van der Waals surface area (Å²) >= 11 is 0. The number of piperidine rings is 1. The minimum atomic E-state index is -5.03. The molecule has 1 aromatic rings. The van der Waals surface area contributed by atoms with Crippen LogP contribution in [0.2, 0.25) is 0 Å². The summed E-state index contributed by atoms with van der Waals surface area (Å²) in [6, 6.07) is 4.57. The zero-order chi connectivity index (χ0) is 19.7. The van der Waals surface area contributed by atoms with Gasteiger partial charge in [0.25, 0.3) is 0 Å². The fraction of sp³-hybridized carbons (Fsp3) is 0.529. The van der Waals surface area contributed by atoms with Crippen molar-refractivity contribution in [2.75, 3.05) is 19.7 Å². The topological polar surface area (TPSA) is 77.1 Å². The van der Waals surface area contributed by atoms with Crippen LogP contribution in [0.3, 0.4) is 0 Å². The number of carbonyl (C=O) groups excluding carboxylic acids is 2. The number of para-hydroxylation sites is 2. The molecule has 1 aromatic carbocycles. The predicted octanol–water partition coefficient (Wildman–Crippen LogP) is 2.66. The fourth-order valence-corrected chi connectivity index (χ4v) is 3.02. The van der Waals surface area contributed by atoms with Gasteiger partial charge in [-0.25, -0.2) is 4.79 Å². The van der Waals surface area contributed by atoms with Crippen LogP contribution in [0.15, 0.2) is 24.3 Å². The second kappa shape index (κ2) is 7.16. The first-order valence-corrected chi connectivity index (χ1v) is 8.53. The molecule has 7 nitrogen and oxygen atoms in total. The molecular weight excluding hydrogens is 369 g/mol. The highest BCUT2D eigenvalue weighted by Crippen LogP contribution is 2.45. The van der Waals surface area contributed by atoms with E-state index in [1.165, 1.54) is 24.3 Å². The number of fused-ring (bicyclic) bond motifs is 1. The van der Waals surface area contributed by atoms with Crippen LogP contribution in [-0.2, 0) is 9.53 Å². The van der Waals surface area contributed by atoms with Gasteiger partial charge in [0.15, 0.2) is 11.5 Å². The molecule has 2 amide bonds. The summed E-state index contributed by atoms with van der Waals surface area (Å²) in [5, 5.41) is 1.81. The molecule has 27 heavy (non-hydrogen) atoms. The number of halogens is 3. The second-order valence-electron chi connectivity index (χ2n) is 6.23. The average molecular weight is 388 g/mol. The molecule has 0 bridgehead atoms. The van der Waals surface area contributed by atoms with Crippen molar-refractivity contribution < 1.29 is 37.0 Å². The van der Waals surface area contributed by atoms with Crippen LogP contribution in [0.4, 0.5) is 18.0 Å². The van der Waals surface area contributed by atoms with Crippen molar-refractivity contribution in [1.29, 1.82) is 0 Å². The number of ether oxygens (including phenoxy) is 3. The van der Waals surface area contributed by atoms with Crippen LogP contribution in [0.25, 0.3) is 0 Å². The van der Waals surface area contributed by atoms with E-state index in [1.54, 1.807) is 12.2 Å². The lowest BCUT2D eigenvalue weighted by Gasteiger charge is -2.35. The van der Waals surface area contributed by atoms with Gasteiger partial charge in [0.2, 0.25) is 0 Å². The Hall–Kier alpha value is -2.65. The zero-order valence-corrected chi connectivity index (χ0v) is 14.5. The third-order valence-corrected chi connectivity index (χ3v) is 4.33. The molecule has 1 N–H and O–H groups in total. The first-order valence-electron chi connectivity index (χ1n) is 8.53. The first kappa shape index (κ1) is 19.1. The first-order chi connectivity index (χ1) is 12.8. The number of urea groups is 1. The molecule has 2 aliphatic heterocycles. The Morgan fingerprint density at radius 1 is 1.30 bits per heavy atom. The van der Waals surface area contributed by atoms with Gasteiger partial charge in [-0.1, -0.05) is 12.1 Å². The number of esters is 1. The monoisotopic (exact) mass is 388 g/mol. The highest BCUT2D eigenvalue weighted by Gasteiger charge is 2.66. The van der Waals surface area contributed by atoms with Crippen LogP contribution in [0, 0.1) is 5.92 Å². The minimum absolute atomic E-state index is 0.0362. The number of amides is 2. The van der Waals surface area contributed by atoms with Crippen molar-refractivity contribution in [1.82, 2.24) is 10.2 Å². The molecule has 0 spiro atoms. The summed E-state index contributed by atoms with van der Waals surface area (Å²) in [4.78, 5) is 25.5. The van der Waals surface area contributed by atoms with E-state index in [0.717, 1.165) is 4.90 Å². The van der Waals surface area contributed by atoms with E-state index in [1.807, 2.05) is 0 Å². The Kier molecular flexibility index (Phi) is 5.07. The molecule has 148 valence electrons. The Morgan fingerprint density at radius 3 is 2.48 bits per heavy atom. The molecule has 1 saturated heterocycles. The highest BCUT2D eigenvalue weighted by atomic mass is 19.4. The van der Waals surface area contributed by atoms with E-state index in [4.69, 9.17) is 14.2 Å². The maximum Gasteiger partial charge on any atom is 0.492 e. The number of hydrogen-bond donors (Lipinski definition) is 1. The molecule has 0 aromatic heterocycles. The molecular formula is C17H19F3N2O5. The second-order valence-corrected chi connectivity index (χ2v) is 6.23. The SMILES string of the molecule is CCOC(=O)C1CCCN(C(=O)NC2(C(F)(F)F)Oc3ccccc3O2)C1. The van der Waals surface area contributed by atoms with Crippen LogP contribution in [-0.4, -0.2) is 48.7 Å². The predicted molar refractivity (Wildman–Crippen MR) is 85.9 cm³/mol. The van der Waals surface area contributed by atoms with Crippen LogP contribution >= 0.6 is 0 Å². The lowest BCUT2D eigenvalue weighted by atomic mass is 9.98. The lowest BCUT2D eigenvalue weighted by molar-refractivity contribution is -0.318. The normalized spacial score (nSPS) is 20.9. The van der Waals surface area contributed by atoms with Gasteiger partial charge >= 0.3 is 24.1 Å². The van der Waals surface area contributed by atoms with Crippen molar-refractivity contribution in [3.05, 3.63) is 24.3 Å². The Balaban J connectivity index is 1.74. The summed E-state index contributed by atoms with van der Waals surface area (Å²) in [6.45, 7) is 2.03. The van der Waals surface area contributed by atoms with Crippen molar-refractivity contribution in [2.24, 2.45) is 5.92 Å². The number of likely N-dealkylation sites (tertiary alicyclic amines) is 1. The van der Waals surface area contributed by atoms with E-state index < -0.39 is 30.0 Å². The Bertz CT molecular complexity index is 700. The molecule has 3 rings (SSSR count). The molecule has 2 aliphatic rings. The van der Waals surface area contributed by atoms with E-state index in [2.05, 4.69) is 0 Å². The van der Waals surface area contributed by atoms with Crippen LogP contribution < -0.4 is 14.8 Å². The van der Waals surface area contributed by atoms with Crippen molar-refractivity contribution in [3.63, 3.8) is 0 Å². The molecule has 1 atom stereocenters. The summed E-state index contributed by atoms with van der Waals surface area (Å²) in [7, 11) is 0. The third kappa shape index (κ3) is 3.74. The molecule has 10 heteroatoms. The minimum Gasteiger partial charge on any atom is -0.466 e. The molecule has 1 fully saturated rings. The molecule has 1 unspecified atom stereocenters. The van der Waals surface area contributed by atoms with Crippen molar-refractivity contribution in [3.8, 4) is 11.5 Å². The van der Waals surface area contributed by atoms with Gasteiger partial charge in [-0.3, -0.25) is 10.1 Å². The fourth-order valence-electron chi connectivity index (χ4n) is 3.02. The summed E-state index contributed by atoms with van der Waals surface area (Å²) in [5.41, 5.74) is 0. The average Bonchev–Trinajstić information content (AvgIpc) is 3.01. The third-order valence-electron chi connectivity index (χ3n) is 4.33. The van der Waals surface area contributed by atoms with E-state index in [0.29, 0.717) is 12.8 Å². The van der Waals surface area contributed by atoms with Crippen LogP contribution in [0.5, 0.6) is 11.5 Å². The quantitative estimate of drug-likeness (QED) is 0.806. The van der Waals surface area contributed by atoms with Gasteiger partial charge in [0, 0.05) is 13.1 Å². The molecule has 0 saturated carbocycles. The maximum absolute atomic E-state index is 13.7. The molecule has 0 aliphatic carbocycles. The van der Waals surface area contributed by atoms with Gasteiger partial charge in [0.05, 0.1) is 12.5 Å². The van der Waals surface area contributed by atoms with Crippen molar-refractivity contribution >= 4 is 12.0 Å². The van der Waals surface area contributed by atoms with Crippen LogP contribution in [0.1, 0.15) is 19.8 Å². The van der Waals surface area contributed by atoms with Gasteiger partial charge in [-0.2, -0.15) is 13.2 Å². The maximum atomic E-state index is 13.7. The smallest absolute Gasteiger partial charge is 0.466 e. The van der Waals surface area contributed by atoms with Gasteiger partial charge in [-0.15, -0.1) is 0 Å². The zero-order valence-electron chi connectivity index (χ0n) is 14.5. The Morgan fingerprint density at radius 2 is 1.93 bits per heavy atom. The number of nitrogens with one attached hydrogen (secondary N) is 1. The highest BCUT2D eigenvalue weighted by molar-refractivity contribution is 5.78. The number of hydrogen-bond acceptors (Lipinski definition) is 5. The molecule has 2 heterocycles. The summed E-state index contributed by atoms with van der Waals surface area (Å²) in [6.07, 6.45) is -4.05. The standard InChI is InChI=1S/C17H19F3N2O5/c1-2-25-14(23)11-6-5-9-22(10-11)15(24)21-17(16(18,19)20)26-12-7-3-4-8-13(12)27-17/h3-4,7-8,11H,2,5-6,9-10H2,1H3,(H,21,24). The number of alkyl halides is 3.